The summed E-state index contributed by atoms with van der Waals surface area (Å²) in [5, 5.41) is 7.52. The number of aromatic nitrogens is 3. The van der Waals surface area contributed by atoms with Crippen molar-refractivity contribution < 1.29 is 0 Å². The third-order valence-electron chi connectivity index (χ3n) is 2.35. The first kappa shape index (κ1) is 9.45. The minimum absolute atomic E-state index is 0.0325. The van der Waals surface area contributed by atoms with Crippen LogP contribution >= 0.6 is 0 Å². The van der Waals surface area contributed by atoms with Crippen molar-refractivity contribution in [1.29, 1.82) is 0 Å². The maximum Gasteiger partial charge on any atom is 0.221 e. The molecule has 0 amide bonds. The molecule has 1 unspecified atom stereocenters. The summed E-state index contributed by atoms with van der Waals surface area (Å²) in [7, 11) is 0. The number of nitrogens with one attached hydrogen (secondary N) is 1. The van der Waals surface area contributed by atoms with Crippen molar-refractivity contribution in [3.8, 4) is 0 Å². The molecule has 0 bridgehead atoms. The van der Waals surface area contributed by atoms with Crippen LogP contribution in [0.15, 0.2) is 0 Å². The molecular weight excluding hydrogens is 178 g/mol. The van der Waals surface area contributed by atoms with Crippen LogP contribution in [0.25, 0.3) is 0 Å². The Morgan fingerprint density at radius 2 is 2.36 bits per heavy atom. The van der Waals surface area contributed by atoms with E-state index in [-0.39, 0.29) is 6.04 Å². The zero-order chi connectivity index (χ0) is 10.1. The maximum atomic E-state index is 5.99. The second-order valence-corrected chi connectivity index (χ2v) is 4.18. The van der Waals surface area contributed by atoms with Crippen molar-refractivity contribution in [2.24, 2.45) is 11.7 Å². The van der Waals surface area contributed by atoms with E-state index < -0.39 is 0 Å². The van der Waals surface area contributed by atoms with E-state index >= 15 is 0 Å². The first-order chi connectivity index (χ1) is 6.66. The van der Waals surface area contributed by atoms with Gasteiger partial charge in [0.25, 0.3) is 0 Å². The van der Waals surface area contributed by atoms with Crippen LogP contribution in [-0.4, -0.2) is 21.3 Å². The van der Waals surface area contributed by atoms with Crippen LogP contribution in [0.2, 0.25) is 0 Å². The largest absolute Gasteiger partial charge is 0.353 e. The van der Waals surface area contributed by atoms with Gasteiger partial charge in [0.1, 0.15) is 0 Å². The summed E-state index contributed by atoms with van der Waals surface area (Å²) >= 11 is 0. The molecule has 0 saturated carbocycles. The van der Waals surface area contributed by atoms with Crippen molar-refractivity contribution in [2.75, 3.05) is 11.9 Å². The summed E-state index contributed by atoms with van der Waals surface area (Å²) in [5.41, 5.74) is 5.99. The Labute approximate surface area is 83.7 Å². The highest BCUT2D eigenvalue weighted by molar-refractivity contribution is 5.29. The minimum atomic E-state index is -0.0325. The van der Waals surface area contributed by atoms with E-state index in [0.717, 1.165) is 31.3 Å². The predicted octanol–water partition coefficient (Wildman–Crippen LogP) is 0.750. The lowest BCUT2D eigenvalue weighted by atomic mass is 10.0. The van der Waals surface area contributed by atoms with Gasteiger partial charge < -0.3 is 11.1 Å². The highest BCUT2D eigenvalue weighted by atomic mass is 15.4. The standard InChI is InChI=1S/C9H17N5/c1-6(2)5-7(10)8-12-9-11-3-4-14(9)13-8/h6-7H,3-5,10H2,1-2H3,(H,11,12,13). The van der Waals surface area contributed by atoms with Crippen LogP contribution in [0.4, 0.5) is 5.95 Å². The molecule has 2 heterocycles. The van der Waals surface area contributed by atoms with Crippen molar-refractivity contribution in [2.45, 2.75) is 32.9 Å². The third kappa shape index (κ3) is 1.72. The van der Waals surface area contributed by atoms with Crippen LogP contribution in [0, 0.1) is 5.92 Å². The molecule has 5 nitrogen and oxygen atoms in total. The third-order valence-corrected chi connectivity index (χ3v) is 2.35. The van der Waals surface area contributed by atoms with E-state index in [1.54, 1.807) is 0 Å². The second kappa shape index (κ2) is 3.57. The van der Waals surface area contributed by atoms with Gasteiger partial charge in [-0.25, -0.2) is 4.68 Å². The van der Waals surface area contributed by atoms with E-state index in [1.165, 1.54) is 0 Å². The molecule has 1 aliphatic heterocycles. The smallest absolute Gasteiger partial charge is 0.221 e. The molecule has 2 rings (SSSR count). The highest BCUT2D eigenvalue weighted by Gasteiger charge is 2.19. The Balaban J connectivity index is 2.09. The van der Waals surface area contributed by atoms with Gasteiger partial charge in [0, 0.05) is 6.54 Å². The number of rotatable bonds is 3. The lowest BCUT2D eigenvalue weighted by Crippen LogP contribution is -2.15. The van der Waals surface area contributed by atoms with Crippen LogP contribution in [0.5, 0.6) is 0 Å². The van der Waals surface area contributed by atoms with Gasteiger partial charge in [-0.2, -0.15) is 10.1 Å². The number of hydrogen-bond acceptors (Lipinski definition) is 4. The molecule has 0 aliphatic carbocycles. The lowest BCUT2D eigenvalue weighted by Gasteiger charge is -2.09. The number of nitrogens with two attached hydrogens (primary N) is 1. The molecule has 0 saturated heterocycles. The van der Waals surface area contributed by atoms with E-state index in [0.29, 0.717) is 5.92 Å². The van der Waals surface area contributed by atoms with Gasteiger partial charge >= 0.3 is 0 Å². The molecule has 0 aromatic carbocycles. The van der Waals surface area contributed by atoms with E-state index in [2.05, 4.69) is 29.2 Å². The minimum Gasteiger partial charge on any atom is -0.353 e. The lowest BCUT2D eigenvalue weighted by molar-refractivity contribution is 0.488. The van der Waals surface area contributed by atoms with Gasteiger partial charge in [0.2, 0.25) is 5.95 Å². The van der Waals surface area contributed by atoms with E-state index in [4.69, 9.17) is 5.73 Å². The molecule has 78 valence electrons. The van der Waals surface area contributed by atoms with Crippen molar-refractivity contribution in [3.05, 3.63) is 5.82 Å². The van der Waals surface area contributed by atoms with Gasteiger partial charge in [-0.05, 0) is 12.3 Å². The second-order valence-electron chi connectivity index (χ2n) is 4.18. The molecule has 0 spiro atoms. The van der Waals surface area contributed by atoms with E-state index in [1.807, 2.05) is 4.68 Å². The molecule has 1 atom stereocenters. The summed E-state index contributed by atoms with van der Waals surface area (Å²) in [6.45, 7) is 6.13. The molecular formula is C9H17N5. The topological polar surface area (TPSA) is 68.8 Å². The monoisotopic (exact) mass is 195 g/mol. The first-order valence-corrected chi connectivity index (χ1v) is 5.11. The number of nitrogens with zero attached hydrogens (tertiary/aromatic N) is 3. The normalized spacial score (nSPS) is 16.9. The fourth-order valence-electron chi connectivity index (χ4n) is 1.69. The van der Waals surface area contributed by atoms with Crippen LogP contribution < -0.4 is 11.1 Å². The Bertz CT molecular complexity index is 296. The fourth-order valence-corrected chi connectivity index (χ4v) is 1.69. The average molecular weight is 195 g/mol. The van der Waals surface area contributed by atoms with Gasteiger partial charge in [-0.15, -0.1) is 0 Å². The molecule has 14 heavy (non-hydrogen) atoms. The maximum absolute atomic E-state index is 5.99. The Kier molecular flexibility index (Phi) is 2.41. The zero-order valence-electron chi connectivity index (χ0n) is 8.70. The molecule has 1 aromatic heterocycles. The Hall–Kier alpha value is -1.10. The average Bonchev–Trinajstić information content (AvgIpc) is 2.58. The molecule has 5 heteroatoms. The van der Waals surface area contributed by atoms with Gasteiger partial charge in [0.05, 0.1) is 12.6 Å². The summed E-state index contributed by atoms with van der Waals surface area (Å²) in [6.07, 6.45) is 0.934. The van der Waals surface area contributed by atoms with Gasteiger partial charge in [-0.1, -0.05) is 13.8 Å². The zero-order valence-corrected chi connectivity index (χ0v) is 8.70. The van der Waals surface area contributed by atoms with Crippen LogP contribution in [0.1, 0.15) is 32.1 Å². The number of fused-ring (bicyclic) bond motifs is 1. The summed E-state index contributed by atoms with van der Waals surface area (Å²) in [4.78, 5) is 4.36. The van der Waals surface area contributed by atoms with Gasteiger partial charge in [0.15, 0.2) is 5.82 Å². The SMILES string of the molecule is CC(C)CC(N)c1nc2n(n1)CCN2. The quantitative estimate of drug-likeness (QED) is 0.746. The molecule has 0 radical (unpaired) electrons. The van der Waals surface area contributed by atoms with E-state index in [9.17, 15) is 0 Å². The Morgan fingerprint density at radius 3 is 3.00 bits per heavy atom. The van der Waals surface area contributed by atoms with Crippen molar-refractivity contribution >= 4 is 5.95 Å². The fraction of sp³-hybridized carbons (Fsp3) is 0.778. The summed E-state index contributed by atoms with van der Waals surface area (Å²) in [6, 6.07) is -0.0325. The number of hydrogen-bond donors (Lipinski definition) is 2. The van der Waals surface area contributed by atoms with Crippen molar-refractivity contribution in [3.63, 3.8) is 0 Å². The van der Waals surface area contributed by atoms with Crippen LogP contribution in [-0.2, 0) is 6.54 Å². The van der Waals surface area contributed by atoms with Gasteiger partial charge in [-0.3, -0.25) is 0 Å². The molecule has 0 fully saturated rings. The molecule has 3 N–H and O–H groups in total. The molecule has 1 aliphatic rings. The predicted molar refractivity (Wildman–Crippen MR) is 54.9 cm³/mol. The molecule has 1 aromatic rings. The summed E-state index contributed by atoms with van der Waals surface area (Å²) < 4.78 is 1.88. The number of anilines is 1. The first-order valence-electron chi connectivity index (χ1n) is 5.11. The highest BCUT2D eigenvalue weighted by Crippen LogP contribution is 2.19. The summed E-state index contributed by atoms with van der Waals surface area (Å²) in [5.74, 6) is 2.21. The Morgan fingerprint density at radius 1 is 1.57 bits per heavy atom. The van der Waals surface area contributed by atoms with Crippen LogP contribution in [0.3, 0.4) is 0 Å². The van der Waals surface area contributed by atoms with Crippen molar-refractivity contribution in [1.82, 2.24) is 14.8 Å².